The van der Waals surface area contributed by atoms with E-state index < -0.39 is 0 Å². The second-order valence-electron chi connectivity index (χ2n) is 10.1. The molecule has 25 heavy (non-hydrogen) atoms. The summed E-state index contributed by atoms with van der Waals surface area (Å²) in [5.41, 5.74) is 0.345. The van der Waals surface area contributed by atoms with Crippen LogP contribution in [0.2, 0.25) is 0 Å². The van der Waals surface area contributed by atoms with Crippen LogP contribution < -0.4 is 5.32 Å². The highest BCUT2D eigenvalue weighted by Crippen LogP contribution is 2.36. The van der Waals surface area contributed by atoms with Crippen LogP contribution in [0.4, 0.5) is 0 Å². The quantitative estimate of drug-likeness (QED) is 0.845. The van der Waals surface area contributed by atoms with Crippen LogP contribution in [-0.4, -0.2) is 84.2 Å². The third kappa shape index (κ3) is 4.07. The molecule has 0 aromatic heterocycles. The Morgan fingerprint density at radius 1 is 0.800 bits per heavy atom. The maximum atomic E-state index is 3.51. The van der Waals surface area contributed by atoms with Crippen LogP contribution in [0.15, 0.2) is 0 Å². The summed E-state index contributed by atoms with van der Waals surface area (Å²) in [6.07, 6.45) is 8.43. The van der Waals surface area contributed by atoms with Crippen molar-refractivity contribution in [2.45, 2.75) is 83.0 Å². The maximum absolute atomic E-state index is 3.51. The average Bonchev–Trinajstić information content (AvgIpc) is 2.89. The Balaban J connectivity index is 1.25. The minimum absolute atomic E-state index is 0.345. The zero-order valence-corrected chi connectivity index (χ0v) is 16.8. The molecule has 4 fully saturated rings. The Bertz CT molecular complexity index is 418. The lowest BCUT2D eigenvalue weighted by atomic mass is 9.92. The van der Waals surface area contributed by atoms with Gasteiger partial charge in [0.1, 0.15) is 0 Å². The van der Waals surface area contributed by atoms with E-state index in [1.54, 1.807) is 0 Å². The molecule has 4 heterocycles. The highest BCUT2D eigenvalue weighted by molar-refractivity contribution is 5.01. The van der Waals surface area contributed by atoms with Crippen molar-refractivity contribution >= 4 is 0 Å². The Hall–Kier alpha value is -0.160. The van der Waals surface area contributed by atoms with Crippen molar-refractivity contribution < 1.29 is 0 Å². The van der Waals surface area contributed by atoms with E-state index in [0.717, 1.165) is 24.0 Å². The lowest BCUT2D eigenvalue weighted by molar-refractivity contribution is -0.00741. The van der Waals surface area contributed by atoms with Gasteiger partial charge in [-0.05, 0) is 91.4 Å². The number of hydrogen-bond acceptors (Lipinski definition) is 4. The van der Waals surface area contributed by atoms with Crippen molar-refractivity contribution in [1.82, 2.24) is 20.0 Å². The van der Waals surface area contributed by atoms with Crippen molar-refractivity contribution in [3.05, 3.63) is 0 Å². The molecule has 0 radical (unpaired) electrons. The van der Waals surface area contributed by atoms with E-state index in [2.05, 4.69) is 40.8 Å². The largest absolute Gasteiger partial charge is 0.317 e. The Kier molecular flexibility index (Phi) is 5.43. The SMILES string of the molecule is CC(C)(C)N1C2CCC1CN(CC1CCN(C3CCNCC3)CC1)C2. The van der Waals surface area contributed by atoms with Crippen molar-refractivity contribution in [3.8, 4) is 0 Å². The number of hydrogen-bond donors (Lipinski definition) is 1. The molecular weight excluding hydrogens is 308 g/mol. The summed E-state index contributed by atoms with van der Waals surface area (Å²) >= 11 is 0. The molecule has 4 heteroatoms. The van der Waals surface area contributed by atoms with Crippen LogP contribution in [0.5, 0.6) is 0 Å². The van der Waals surface area contributed by atoms with Crippen molar-refractivity contribution in [2.24, 2.45) is 5.92 Å². The fourth-order valence-corrected chi connectivity index (χ4v) is 6.27. The number of piperazine rings is 1. The topological polar surface area (TPSA) is 21.8 Å². The zero-order valence-electron chi connectivity index (χ0n) is 16.8. The molecule has 144 valence electrons. The van der Waals surface area contributed by atoms with Crippen molar-refractivity contribution in [2.75, 3.05) is 45.8 Å². The Morgan fingerprint density at radius 3 is 1.96 bits per heavy atom. The summed E-state index contributed by atoms with van der Waals surface area (Å²) in [5, 5.41) is 3.51. The number of piperidine rings is 2. The van der Waals surface area contributed by atoms with Gasteiger partial charge in [-0.2, -0.15) is 0 Å². The molecule has 4 aliphatic heterocycles. The van der Waals surface area contributed by atoms with Gasteiger partial charge in [-0.25, -0.2) is 0 Å². The highest BCUT2D eigenvalue weighted by atomic mass is 15.4. The van der Waals surface area contributed by atoms with E-state index in [1.807, 2.05) is 0 Å². The third-order valence-electron chi connectivity index (χ3n) is 7.32. The average molecular weight is 349 g/mol. The summed E-state index contributed by atoms with van der Waals surface area (Å²) in [7, 11) is 0. The summed E-state index contributed by atoms with van der Waals surface area (Å²) < 4.78 is 0. The highest BCUT2D eigenvalue weighted by Gasteiger charge is 2.44. The number of nitrogens with zero attached hydrogens (tertiary/aromatic N) is 3. The third-order valence-corrected chi connectivity index (χ3v) is 7.32. The van der Waals surface area contributed by atoms with Crippen LogP contribution >= 0.6 is 0 Å². The van der Waals surface area contributed by atoms with Gasteiger partial charge in [0.15, 0.2) is 0 Å². The minimum Gasteiger partial charge on any atom is -0.317 e. The van der Waals surface area contributed by atoms with Gasteiger partial charge in [-0.1, -0.05) is 0 Å². The second kappa shape index (κ2) is 7.46. The van der Waals surface area contributed by atoms with Crippen LogP contribution in [0.25, 0.3) is 0 Å². The van der Waals surface area contributed by atoms with Crippen LogP contribution in [0, 0.1) is 5.92 Å². The van der Waals surface area contributed by atoms with Crippen LogP contribution in [-0.2, 0) is 0 Å². The van der Waals surface area contributed by atoms with E-state index in [9.17, 15) is 0 Å². The van der Waals surface area contributed by atoms with E-state index >= 15 is 0 Å². The molecule has 2 unspecified atom stereocenters. The molecule has 1 N–H and O–H groups in total. The van der Waals surface area contributed by atoms with E-state index in [0.29, 0.717) is 5.54 Å². The first-order valence-corrected chi connectivity index (χ1v) is 11.0. The first-order chi connectivity index (χ1) is 12.0. The monoisotopic (exact) mass is 348 g/mol. The predicted octanol–water partition coefficient (Wildman–Crippen LogP) is 2.40. The fourth-order valence-electron chi connectivity index (χ4n) is 6.27. The number of rotatable bonds is 3. The Morgan fingerprint density at radius 2 is 1.40 bits per heavy atom. The lowest BCUT2D eigenvalue weighted by Crippen LogP contribution is -2.60. The molecular formula is C21H40N4. The fraction of sp³-hybridized carbons (Fsp3) is 1.00. The molecule has 0 amide bonds. The minimum atomic E-state index is 0.345. The summed E-state index contributed by atoms with van der Waals surface area (Å²) in [4.78, 5) is 8.47. The van der Waals surface area contributed by atoms with Crippen LogP contribution in [0.1, 0.15) is 59.3 Å². The molecule has 4 nitrogen and oxygen atoms in total. The molecule has 4 saturated heterocycles. The van der Waals surface area contributed by atoms with Gasteiger partial charge in [0.05, 0.1) is 0 Å². The lowest BCUT2D eigenvalue weighted by Gasteiger charge is -2.49. The smallest absolute Gasteiger partial charge is 0.0232 e. The molecule has 0 spiro atoms. The summed E-state index contributed by atoms with van der Waals surface area (Å²) in [6, 6.07) is 2.50. The maximum Gasteiger partial charge on any atom is 0.0232 e. The van der Waals surface area contributed by atoms with Crippen molar-refractivity contribution in [1.29, 1.82) is 0 Å². The van der Waals surface area contributed by atoms with Gasteiger partial charge >= 0.3 is 0 Å². The molecule has 2 atom stereocenters. The number of nitrogens with one attached hydrogen (secondary N) is 1. The molecule has 4 aliphatic rings. The van der Waals surface area contributed by atoms with E-state index in [-0.39, 0.29) is 0 Å². The predicted molar refractivity (Wildman–Crippen MR) is 105 cm³/mol. The first kappa shape index (κ1) is 18.2. The van der Waals surface area contributed by atoms with Gasteiger partial charge in [0, 0.05) is 43.3 Å². The molecule has 2 bridgehead atoms. The molecule has 0 aromatic carbocycles. The van der Waals surface area contributed by atoms with Gasteiger partial charge in [0.25, 0.3) is 0 Å². The summed E-state index contributed by atoms with van der Waals surface area (Å²) in [5.74, 6) is 0.943. The molecule has 0 aliphatic carbocycles. The van der Waals surface area contributed by atoms with Crippen molar-refractivity contribution in [3.63, 3.8) is 0 Å². The normalized spacial score (nSPS) is 34.7. The second-order valence-corrected chi connectivity index (χ2v) is 10.1. The summed E-state index contributed by atoms with van der Waals surface area (Å²) in [6.45, 7) is 16.4. The van der Waals surface area contributed by atoms with Crippen LogP contribution in [0.3, 0.4) is 0 Å². The van der Waals surface area contributed by atoms with Gasteiger partial charge in [0.2, 0.25) is 0 Å². The van der Waals surface area contributed by atoms with Gasteiger partial charge in [-0.15, -0.1) is 0 Å². The van der Waals surface area contributed by atoms with Gasteiger partial charge < -0.3 is 10.2 Å². The molecule has 4 rings (SSSR count). The number of fused-ring (bicyclic) bond motifs is 2. The standard InChI is InChI=1S/C21H40N4/c1-21(2,3)25-19-4-5-20(25)16-23(15-19)14-17-8-12-24(13-9-17)18-6-10-22-11-7-18/h17-20,22H,4-16H2,1-3H3. The first-order valence-electron chi connectivity index (χ1n) is 11.0. The molecule has 0 aromatic rings. The zero-order chi connectivity index (χ0) is 17.4. The van der Waals surface area contributed by atoms with E-state index in [1.165, 1.54) is 84.3 Å². The number of likely N-dealkylation sites (tertiary alicyclic amines) is 2. The Labute approximate surface area is 155 Å². The van der Waals surface area contributed by atoms with Gasteiger partial charge in [-0.3, -0.25) is 9.80 Å². The van der Waals surface area contributed by atoms with E-state index in [4.69, 9.17) is 0 Å². The molecule has 0 saturated carbocycles.